The summed E-state index contributed by atoms with van der Waals surface area (Å²) in [4.78, 5) is 24.6. The van der Waals surface area contributed by atoms with Crippen LogP contribution in [0.3, 0.4) is 0 Å². The molecule has 144 valence electrons. The smallest absolute Gasteiger partial charge is 0.271 e. The van der Waals surface area contributed by atoms with Crippen LogP contribution in [0, 0.1) is 19.7 Å². The molecular formula is C21H20FN3O2S. The van der Waals surface area contributed by atoms with E-state index in [1.165, 1.54) is 40.7 Å². The van der Waals surface area contributed by atoms with Gasteiger partial charge in [0.25, 0.3) is 5.56 Å². The van der Waals surface area contributed by atoms with E-state index in [-0.39, 0.29) is 11.5 Å². The molecule has 2 aromatic carbocycles. The third kappa shape index (κ3) is 4.67. The van der Waals surface area contributed by atoms with Crippen LogP contribution in [0.25, 0.3) is 5.69 Å². The van der Waals surface area contributed by atoms with Crippen molar-refractivity contribution in [2.24, 2.45) is 0 Å². The number of amides is 1. The van der Waals surface area contributed by atoms with Crippen LogP contribution in [-0.2, 0) is 4.79 Å². The van der Waals surface area contributed by atoms with E-state index in [9.17, 15) is 14.0 Å². The molecule has 0 fully saturated rings. The normalized spacial score (nSPS) is 11.9. The molecule has 0 aliphatic carbocycles. The number of hydrogen-bond acceptors (Lipinski definition) is 4. The Morgan fingerprint density at radius 3 is 2.61 bits per heavy atom. The highest BCUT2D eigenvalue weighted by Gasteiger charge is 2.16. The van der Waals surface area contributed by atoms with Gasteiger partial charge in [-0.15, -0.1) is 0 Å². The first-order chi connectivity index (χ1) is 13.3. The van der Waals surface area contributed by atoms with Crippen LogP contribution < -0.4 is 10.9 Å². The second kappa shape index (κ2) is 8.39. The van der Waals surface area contributed by atoms with Crippen molar-refractivity contribution < 1.29 is 9.18 Å². The molecule has 1 atom stereocenters. The van der Waals surface area contributed by atoms with Crippen molar-refractivity contribution in [3.63, 3.8) is 0 Å². The van der Waals surface area contributed by atoms with Crippen molar-refractivity contribution in [2.45, 2.75) is 31.0 Å². The number of benzene rings is 2. The van der Waals surface area contributed by atoms with Gasteiger partial charge in [0, 0.05) is 11.8 Å². The molecule has 0 saturated carbocycles. The van der Waals surface area contributed by atoms with Crippen molar-refractivity contribution in [3.05, 3.63) is 81.9 Å². The Balaban J connectivity index is 1.77. The van der Waals surface area contributed by atoms with Crippen LogP contribution >= 0.6 is 11.8 Å². The predicted octanol–water partition coefficient (Wildman–Crippen LogP) is 4.11. The van der Waals surface area contributed by atoms with Gasteiger partial charge in [0.1, 0.15) is 10.8 Å². The number of thioether (sulfide) groups is 1. The minimum atomic E-state index is -0.485. The molecule has 3 aromatic rings. The molecular weight excluding hydrogens is 377 g/mol. The molecule has 0 aliphatic rings. The summed E-state index contributed by atoms with van der Waals surface area (Å²) in [6.07, 6.45) is 0. The fourth-order valence-electron chi connectivity index (χ4n) is 2.54. The number of hydrogen-bond donors (Lipinski definition) is 1. The summed E-state index contributed by atoms with van der Waals surface area (Å²) >= 11 is 1.22. The summed E-state index contributed by atoms with van der Waals surface area (Å²) in [6, 6.07) is 14.4. The van der Waals surface area contributed by atoms with Gasteiger partial charge in [-0.2, -0.15) is 9.78 Å². The number of carbonyl (C=O) groups excluding carboxylic acids is 1. The Morgan fingerprint density at radius 2 is 1.89 bits per heavy atom. The first-order valence-electron chi connectivity index (χ1n) is 8.74. The van der Waals surface area contributed by atoms with E-state index in [0.717, 1.165) is 11.1 Å². The summed E-state index contributed by atoms with van der Waals surface area (Å²) < 4.78 is 14.6. The minimum Gasteiger partial charge on any atom is -0.325 e. The fourth-order valence-corrected chi connectivity index (χ4v) is 3.35. The molecule has 1 unspecified atom stereocenters. The molecule has 3 rings (SSSR count). The summed E-state index contributed by atoms with van der Waals surface area (Å²) in [5.74, 6) is -0.693. The number of anilines is 1. The number of nitrogens with one attached hydrogen (secondary N) is 1. The van der Waals surface area contributed by atoms with Crippen molar-refractivity contribution in [1.82, 2.24) is 9.78 Å². The lowest BCUT2D eigenvalue weighted by atomic mass is 10.1. The Bertz CT molecular complexity index is 1080. The maximum absolute atomic E-state index is 13.3. The van der Waals surface area contributed by atoms with E-state index in [1.54, 1.807) is 19.1 Å². The highest BCUT2D eigenvalue weighted by atomic mass is 32.2. The number of aromatic nitrogens is 2. The highest BCUT2D eigenvalue weighted by Crippen LogP contribution is 2.22. The standard InChI is InChI=1S/C21H20FN3O2S/c1-13-7-8-18(11-14(13)2)25-20(26)10-9-19(24-25)28-15(3)21(27)23-17-6-4-5-16(22)12-17/h4-12,15H,1-3H3,(H,23,27). The summed E-state index contributed by atoms with van der Waals surface area (Å²) in [5, 5.41) is 7.12. The van der Waals surface area contributed by atoms with Gasteiger partial charge in [-0.3, -0.25) is 9.59 Å². The zero-order chi connectivity index (χ0) is 20.3. The second-order valence-electron chi connectivity index (χ2n) is 6.45. The van der Waals surface area contributed by atoms with Gasteiger partial charge in [-0.25, -0.2) is 4.39 Å². The van der Waals surface area contributed by atoms with Crippen molar-refractivity contribution in [2.75, 3.05) is 5.32 Å². The van der Waals surface area contributed by atoms with Gasteiger partial charge in [0.05, 0.1) is 10.9 Å². The number of halogens is 1. The van der Waals surface area contributed by atoms with Crippen LogP contribution in [0.15, 0.2) is 64.4 Å². The molecule has 5 nitrogen and oxygen atoms in total. The van der Waals surface area contributed by atoms with E-state index in [4.69, 9.17) is 0 Å². The molecule has 28 heavy (non-hydrogen) atoms. The molecule has 1 heterocycles. The zero-order valence-corrected chi connectivity index (χ0v) is 16.6. The van der Waals surface area contributed by atoms with Gasteiger partial charge in [0.2, 0.25) is 5.91 Å². The topological polar surface area (TPSA) is 64.0 Å². The summed E-state index contributed by atoms with van der Waals surface area (Å²) in [6.45, 7) is 5.70. The lowest BCUT2D eigenvalue weighted by molar-refractivity contribution is -0.115. The van der Waals surface area contributed by atoms with Gasteiger partial charge in [-0.05, 0) is 68.3 Å². The van der Waals surface area contributed by atoms with Crippen LogP contribution in [0.5, 0.6) is 0 Å². The summed E-state index contributed by atoms with van der Waals surface area (Å²) in [7, 11) is 0. The van der Waals surface area contributed by atoms with Crippen molar-refractivity contribution in [1.29, 1.82) is 0 Å². The maximum Gasteiger partial charge on any atom is 0.271 e. The Morgan fingerprint density at radius 1 is 1.11 bits per heavy atom. The van der Waals surface area contributed by atoms with Gasteiger partial charge in [-0.1, -0.05) is 23.9 Å². The van der Waals surface area contributed by atoms with Crippen LogP contribution in [0.2, 0.25) is 0 Å². The fraction of sp³-hybridized carbons (Fsp3) is 0.190. The largest absolute Gasteiger partial charge is 0.325 e. The molecule has 0 aliphatic heterocycles. The minimum absolute atomic E-state index is 0.246. The first kappa shape index (κ1) is 19.8. The molecule has 1 amide bonds. The highest BCUT2D eigenvalue weighted by molar-refractivity contribution is 8.00. The van der Waals surface area contributed by atoms with Crippen molar-refractivity contribution in [3.8, 4) is 5.69 Å². The molecule has 7 heteroatoms. The molecule has 1 aromatic heterocycles. The zero-order valence-electron chi connectivity index (χ0n) is 15.8. The van der Waals surface area contributed by atoms with Crippen LogP contribution in [-0.4, -0.2) is 20.9 Å². The molecule has 0 spiro atoms. The average Bonchev–Trinajstić information content (AvgIpc) is 2.65. The van der Waals surface area contributed by atoms with E-state index >= 15 is 0 Å². The van der Waals surface area contributed by atoms with E-state index in [0.29, 0.717) is 16.4 Å². The lowest BCUT2D eigenvalue weighted by Gasteiger charge is -2.13. The quantitative estimate of drug-likeness (QED) is 0.658. The van der Waals surface area contributed by atoms with Gasteiger partial charge >= 0.3 is 0 Å². The lowest BCUT2D eigenvalue weighted by Crippen LogP contribution is -2.24. The number of aryl methyl sites for hydroxylation is 2. The molecule has 0 saturated heterocycles. The maximum atomic E-state index is 13.3. The van der Waals surface area contributed by atoms with E-state index in [1.807, 2.05) is 32.0 Å². The Hall–Kier alpha value is -2.93. The summed E-state index contributed by atoms with van der Waals surface area (Å²) in [5.41, 5.74) is 3.01. The number of rotatable bonds is 5. The number of nitrogens with zero attached hydrogens (tertiary/aromatic N) is 2. The van der Waals surface area contributed by atoms with Gasteiger partial charge < -0.3 is 5.32 Å². The Labute approximate surface area is 166 Å². The second-order valence-corrected chi connectivity index (χ2v) is 7.81. The van der Waals surface area contributed by atoms with Gasteiger partial charge in [0.15, 0.2) is 0 Å². The van der Waals surface area contributed by atoms with E-state index < -0.39 is 11.1 Å². The molecule has 0 bridgehead atoms. The third-order valence-electron chi connectivity index (χ3n) is 4.27. The van der Waals surface area contributed by atoms with Crippen molar-refractivity contribution >= 4 is 23.4 Å². The SMILES string of the molecule is Cc1ccc(-n2nc(SC(C)C(=O)Nc3cccc(F)c3)ccc2=O)cc1C. The van der Waals surface area contributed by atoms with Crippen LogP contribution in [0.1, 0.15) is 18.1 Å². The van der Waals surface area contributed by atoms with E-state index in [2.05, 4.69) is 10.4 Å². The first-order valence-corrected chi connectivity index (χ1v) is 9.62. The average molecular weight is 397 g/mol. The number of carbonyl (C=O) groups is 1. The predicted molar refractivity (Wildman–Crippen MR) is 110 cm³/mol. The molecule has 0 radical (unpaired) electrons. The molecule has 1 N–H and O–H groups in total. The third-order valence-corrected chi connectivity index (χ3v) is 5.30. The van der Waals surface area contributed by atoms with Crippen LogP contribution in [0.4, 0.5) is 10.1 Å². The Kier molecular flexibility index (Phi) is 5.94. The monoisotopic (exact) mass is 397 g/mol.